The number of nitrogens with one attached hydrogen (secondary N) is 1. The Bertz CT molecular complexity index is 105. The Morgan fingerprint density at radius 1 is 1.78 bits per heavy atom. The van der Waals surface area contributed by atoms with Crippen molar-refractivity contribution >= 4 is 14.9 Å². The third-order valence-corrected chi connectivity index (χ3v) is 1.05. The predicted octanol–water partition coefficient (Wildman–Crippen LogP) is 0.839. The Morgan fingerprint density at radius 3 is 2.89 bits per heavy atom. The lowest BCUT2D eigenvalue weighted by Crippen LogP contribution is -2.22. The number of amides is 1. The molecule has 0 bridgehead atoms. The van der Waals surface area contributed by atoms with E-state index in [4.69, 9.17) is 0 Å². The average Bonchev–Trinajstić information content (AvgIpc) is 1.85. The lowest BCUT2D eigenvalue weighted by Gasteiger charge is -1.96. The molecule has 0 saturated carbocycles. The van der Waals surface area contributed by atoms with E-state index in [1.54, 1.807) is 0 Å². The Balaban J connectivity index is 3.16. The summed E-state index contributed by atoms with van der Waals surface area (Å²) in [6.07, 6.45) is 0.470. The molecule has 0 aliphatic rings. The van der Waals surface area contributed by atoms with Crippen LogP contribution in [0.25, 0.3) is 0 Å². The first-order valence-corrected chi connectivity index (χ1v) is 3.36. The van der Waals surface area contributed by atoms with Crippen LogP contribution >= 0.6 is 9.03 Å². The van der Waals surface area contributed by atoms with E-state index >= 15 is 0 Å². The van der Waals surface area contributed by atoms with E-state index in [9.17, 15) is 4.79 Å². The summed E-state index contributed by atoms with van der Waals surface area (Å²) in [7, 11) is 2.92. The highest BCUT2D eigenvalue weighted by Gasteiger charge is 1.94. The average molecular weight is 146 g/mol. The lowest BCUT2D eigenvalue weighted by atomic mass is 10.4. The molecule has 9 heavy (non-hydrogen) atoms. The summed E-state index contributed by atoms with van der Waals surface area (Å²) >= 11 is 0. The Morgan fingerprint density at radius 2 is 2.44 bits per heavy atom. The minimum absolute atomic E-state index is 0.0551. The van der Waals surface area contributed by atoms with Crippen molar-refractivity contribution in [3.8, 4) is 0 Å². The fourth-order valence-electron chi connectivity index (χ4n) is 0.443. The van der Waals surface area contributed by atoms with Gasteiger partial charge in [-0.15, -0.1) is 0 Å². The molecule has 0 aliphatic heterocycles. The number of hydrogen-bond donors (Lipinski definition) is 1. The van der Waals surface area contributed by atoms with Crippen LogP contribution in [-0.2, 0) is 4.79 Å². The molecule has 0 atom stereocenters. The minimum atomic E-state index is 0.0551. The summed E-state index contributed by atoms with van der Waals surface area (Å²) in [5, 5.41) is 2.66. The molecule has 0 spiro atoms. The van der Waals surface area contributed by atoms with E-state index in [1.165, 1.54) is 0 Å². The molecule has 0 radical (unpaired) electrons. The number of nitrogens with zero attached hydrogens (tertiary/aromatic N) is 1. The van der Waals surface area contributed by atoms with Crippen LogP contribution in [-0.4, -0.2) is 19.0 Å². The van der Waals surface area contributed by atoms with E-state index in [1.807, 2.05) is 6.92 Å². The van der Waals surface area contributed by atoms with Gasteiger partial charge >= 0.3 is 0 Å². The molecule has 0 unspecified atom stereocenters. The zero-order valence-electron chi connectivity index (χ0n) is 5.48. The van der Waals surface area contributed by atoms with Crippen LogP contribution in [0.15, 0.2) is 4.74 Å². The van der Waals surface area contributed by atoms with Crippen molar-refractivity contribution < 1.29 is 4.79 Å². The number of rotatable bonds is 4. The molecule has 0 saturated heterocycles. The van der Waals surface area contributed by atoms with Crippen LogP contribution in [0.5, 0.6) is 0 Å². The normalized spacial score (nSPS) is 8.56. The maximum Gasteiger partial charge on any atom is 0.221 e. The molecule has 1 N–H and O–H groups in total. The first kappa shape index (κ1) is 8.57. The van der Waals surface area contributed by atoms with Gasteiger partial charge in [0.05, 0.1) is 6.54 Å². The highest BCUT2D eigenvalue weighted by molar-refractivity contribution is 7.03. The van der Waals surface area contributed by atoms with Crippen LogP contribution < -0.4 is 5.32 Å². The number of carbonyl (C=O) groups excluding carboxylic acids is 1. The van der Waals surface area contributed by atoms with Gasteiger partial charge in [0, 0.05) is 13.0 Å². The second kappa shape index (κ2) is 5.70. The van der Waals surface area contributed by atoms with Crippen molar-refractivity contribution in [1.82, 2.24) is 5.32 Å². The van der Waals surface area contributed by atoms with Gasteiger partial charge in [-0.2, -0.15) is 0 Å². The Hall–Kier alpha value is -0.430. The van der Waals surface area contributed by atoms with E-state index in [2.05, 4.69) is 19.1 Å². The summed E-state index contributed by atoms with van der Waals surface area (Å²) in [6.45, 7) is 3.13. The van der Waals surface area contributed by atoms with Crippen LogP contribution in [0.4, 0.5) is 0 Å². The van der Waals surface area contributed by atoms with E-state index in [0.717, 1.165) is 0 Å². The molecule has 0 aromatic carbocycles. The van der Waals surface area contributed by atoms with Crippen molar-refractivity contribution in [2.24, 2.45) is 4.74 Å². The molecule has 1 amide bonds. The molecule has 0 aromatic rings. The zero-order valence-corrected chi connectivity index (χ0v) is 6.48. The van der Waals surface area contributed by atoms with Gasteiger partial charge in [-0.3, -0.25) is 9.54 Å². The van der Waals surface area contributed by atoms with Crippen LogP contribution in [0.3, 0.4) is 0 Å². The van der Waals surface area contributed by atoms with Gasteiger partial charge in [0.25, 0.3) is 0 Å². The molecule has 0 aromatic heterocycles. The van der Waals surface area contributed by atoms with Gasteiger partial charge in [-0.25, -0.2) is 0 Å². The number of hydrogen-bond acceptors (Lipinski definition) is 2. The molecular weight excluding hydrogens is 135 g/mol. The van der Waals surface area contributed by atoms with Crippen molar-refractivity contribution in [2.75, 3.05) is 13.1 Å². The third-order valence-electron chi connectivity index (χ3n) is 0.825. The van der Waals surface area contributed by atoms with Crippen molar-refractivity contribution in [2.45, 2.75) is 13.3 Å². The van der Waals surface area contributed by atoms with E-state index in [-0.39, 0.29) is 5.91 Å². The van der Waals surface area contributed by atoms with Crippen LogP contribution in [0.2, 0.25) is 0 Å². The fourth-order valence-corrected chi connectivity index (χ4v) is 0.555. The van der Waals surface area contributed by atoms with Gasteiger partial charge in [-0.1, -0.05) is 0 Å². The lowest BCUT2D eigenvalue weighted by molar-refractivity contribution is -0.120. The van der Waals surface area contributed by atoms with Crippen molar-refractivity contribution in [3.63, 3.8) is 0 Å². The maximum absolute atomic E-state index is 10.6. The Labute approximate surface area is 57.1 Å². The number of carbonyl (C=O) groups is 1. The third kappa shape index (κ3) is 5.44. The summed E-state index contributed by atoms with van der Waals surface area (Å²) in [5.74, 6) is 0.0551. The smallest absolute Gasteiger partial charge is 0.221 e. The van der Waals surface area contributed by atoms with E-state index < -0.39 is 0 Å². The van der Waals surface area contributed by atoms with Gasteiger partial charge in [0.2, 0.25) is 5.91 Å². The second-order valence-electron chi connectivity index (χ2n) is 1.59. The first-order valence-electron chi connectivity index (χ1n) is 2.91. The monoisotopic (exact) mass is 146 g/mol. The van der Waals surface area contributed by atoms with Gasteiger partial charge in [0.15, 0.2) is 0 Å². The summed E-state index contributed by atoms with van der Waals surface area (Å²) in [5.41, 5.74) is 0. The summed E-state index contributed by atoms with van der Waals surface area (Å²) in [4.78, 5) is 10.6. The molecular formula is C5H11N2OP. The van der Waals surface area contributed by atoms with Crippen molar-refractivity contribution in [3.05, 3.63) is 0 Å². The molecule has 0 rings (SSSR count). The summed E-state index contributed by atoms with van der Waals surface area (Å²) < 4.78 is 3.60. The van der Waals surface area contributed by atoms with Gasteiger partial charge in [0.1, 0.15) is 0 Å². The Kier molecular flexibility index (Phi) is 5.43. The zero-order chi connectivity index (χ0) is 7.11. The predicted molar refractivity (Wildman–Crippen MR) is 38.9 cm³/mol. The second-order valence-corrected chi connectivity index (χ2v) is 1.90. The highest BCUT2D eigenvalue weighted by atomic mass is 31.0. The largest absolute Gasteiger partial charge is 0.356 e. The summed E-state index contributed by atoms with van der Waals surface area (Å²) in [6, 6.07) is 0. The fraction of sp³-hybridized carbons (Fsp3) is 0.800. The van der Waals surface area contributed by atoms with E-state index in [0.29, 0.717) is 19.5 Å². The quantitative estimate of drug-likeness (QED) is 0.586. The molecule has 0 heterocycles. The molecule has 3 nitrogen and oxygen atoms in total. The SMILES string of the molecule is CCNC(=O)CCN=P. The molecule has 4 heteroatoms. The first-order chi connectivity index (χ1) is 4.31. The molecule has 0 fully saturated rings. The topological polar surface area (TPSA) is 41.5 Å². The van der Waals surface area contributed by atoms with Gasteiger partial charge in [-0.05, 0) is 16.0 Å². The molecule has 52 valence electrons. The maximum atomic E-state index is 10.6. The highest BCUT2D eigenvalue weighted by Crippen LogP contribution is 1.82. The minimum Gasteiger partial charge on any atom is -0.356 e. The standard InChI is InChI=1S/C5H11N2OP/c1-2-6-5(8)3-4-7-9/h9H,2-4H2,1H3,(H,6,8). The van der Waals surface area contributed by atoms with Crippen molar-refractivity contribution in [1.29, 1.82) is 0 Å². The van der Waals surface area contributed by atoms with Crippen LogP contribution in [0.1, 0.15) is 13.3 Å². The van der Waals surface area contributed by atoms with Gasteiger partial charge < -0.3 is 5.32 Å². The van der Waals surface area contributed by atoms with Crippen LogP contribution in [0, 0.1) is 0 Å². The molecule has 0 aliphatic carbocycles.